The quantitative estimate of drug-likeness (QED) is 0.600. The SMILES string of the molecule is CCOc1cc(/C=C2\SC(=S)N(C[C@H]3CCCO3)C2=O)cc(Cl)c1O. The van der Waals surface area contributed by atoms with Crippen molar-refractivity contribution in [2.45, 2.75) is 25.9 Å². The van der Waals surface area contributed by atoms with Gasteiger partial charge in [0.2, 0.25) is 0 Å². The summed E-state index contributed by atoms with van der Waals surface area (Å²) < 4.78 is 11.5. The highest BCUT2D eigenvalue weighted by atomic mass is 35.5. The number of phenolic OH excluding ortho intramolecular Hbond substituents is 1. The first-order valence-electron chi connectivity index (χ1n) is 8.02. The molecule has 0 bridgehead atoms. The molecule has 2 aliphatic rings. The van der Waals surface area contributed by atoms with Crippen LogP contribution in [-0.4, -0.2) is 46.1 Å². The van der Waals surface area contributed by atoms with Crippen molar-refractivity contribution < 1.29 is 19.4 Å². The lowest BCUT2D eigenvalue weighted by molar-refractivity contribution is -0.123. The first kappa shape index (κ1) is 18.5. The Hall–Kier alpha value is -1.28. The number of carbonyl (C=O) groups excluding carboxylic acids is 1. The molecule has 0 saturated carbocycles. The molecular formula is C17H18ClNO4S2. The summed E-state index contributed by atoms with van der Waals surface area (Å²) in [4.78, 5) is 14.8. The maximum absolute atomic E-state index is 12.7. The van der Waals surface area contributed by atoms with Crippen LogP contribution in [0, 0.1) is 0 Å². The molecule has 0 aliphatic carbocycles. The number of nitrogens with zero attached hydrogens (tertiary/aromatic N) is 1. The molecule has 1 amide bonds. The van der Waals surface area contributed by atoms with Crippen molar-refractivity contribution in [3.05, 3.63) is 27.6 Å². The van der Waals surface area contributed by atoms with Crippen LogP contribution in [0.1, 0.15) is 25.3 Å². The Morgan fingerprint density at radius 2 is 2.36 bits per heavy atom. The molecule has 0 spiro atoms. The van der Waals surface area contributed by atoms with Crippen molar-refractivity contribution in [2.24, 2.45) is 0 Å². The summed E-state index contributed by atoms with van der Waals surface area (Å²) in [5.74, 6) is 0.0512. The molecule has 2 saturated heterocycles. The second-order valence-corrected chi connectivity index (χ2v) is 7.79. The molecule has 1 aromatic carbocycles. The van der Waals surface area contributed by atoms with Crippen molar-refractivity contribution in [3.8, 4) is 11.5 Å². The lowest BCUT2D eigenvalue weighted by Gasteiger charge is -2.18. The van der Waals surface area contributed by atoms with E-state index in [0.717, 1.165) is 19.4 Å². The van der Waals surface area contributed by atoms with E-state index in [0.29, 0.717) is 27.9 Å². The fraction of sp³-hybridized carbons (Fsp3) is 0.412. The molecule has 1 N–H and O–H groups in total. The molecule has 8 heteroatoms. The van der Waals surface area contributed by atoms with Gasteiger partial charge in [-0.05, 0) is 43.5 Å². The van der Waals surface area contributed by atoms with Crippen LogP contribution >= 0.6 is 35.6 Å². The van der Waals surface area contributed by atoms with Gasteiger partial charge in [0, 0.05) is 6.61 Å². The van der Waals surface area contributed by atoms with Crippen LogP contribution < -0.4 is 4.74 Å². The first-order chi connectivity index (χ1) is 12.0. The number of thioether (sulfide) groups is 1. The van der Waals surface area contributed by atoms with Crippen molar-refractivity contribution in [3.63, 3.8) is 0 Å². The number of amides is 1. The van der Waals surface area contributed by atoms with Crippen molar-refractivity contribution in [1.29, 1.82) is 0 Å². The van der Waals surface area contributed by atoms with E-state index in [4.69, 9.17) is 33.3 Å². The minimum absolute atomic E-state index is 0.0505. The summed E-state index contributed by atoms with van der Waals surface area (Å²) in [6, 6.07) is 3.24. The van der Waals surface area contributed by atoms with Crippen LogP contribution in [0.15, 0.2) is 17.0 Å². The smallest absolute Gasteiger partial charge is 0.266 e. The zero-order chi connectivity index (χ0) is 18.0. The third-order valence-electron chi connectivity index (χ3n) is 3.93. The maximum Gasteiger partial charge on any atom is 0.266 e. The number of ether oxygens (including phenoxy) is 2. The standard InChI is InChI=1S/C17H18ClNO4S2/c1-2-22-13-7-10(6-12(18)15(13)20)8-14-16(21)19(17(24)25-14)9-11-4-3-5-23-11/h6-8,11,20H,2-5,9H2,1H3/b14-8-/t11-/m1/s1. The molecule has 3 rings (SSSR count). The fourth-order valence-electron chi connectivity index (χ4n) is 2.74. The predicted octanol–water partition coefficient (Wildman–Crippen LogP) is 3.82. The molecule has 2 aliphatic heterocycles. The van der Waals surface area contributed by atoms with Gasteiger partial charge < -0.3 is 14.6 Å². The Morgan fingerprint density at radius 1 is 1.56 bits per heavy atom. The average Bonchev–Trinajstić information content (AvgIpc) is 3.17. The van der Waals surface area contributed by atoms with E-state index in [1.807, 2.05) is 6.92 Å². The minimum atomic E-state index is -0.132. The Morgan fingerprint density at radius 3 is 3.04 bits per heavy atom. The van der Waals surface area contributed by atoms with E-state index in [-0.39, 0.29) is 28.5 Å². The summed E-state index contributed by atoms with van der Waals surface area (Å²) >= 11 is 12.6. The number of hydrogen-bond donors (Lipinski definition) is 1. The van der Waals surface area contributed by atoms with Gasteiger partial charge in [0.05, 0.1) is 29.2 Å². The second-order valence-electron chi connectivity index (χ2n) is 5.71. The highest BCUT2D eigenvalue weighted by Crippen LogP contribution is 2.38. The number of phenols is 1. The Kier molecular flexibility index (Phi) is 5.89. The maximum atomic E-state index is 12.7. The molecule has 0 aromatic heterocycles. The number of rotatable bonds is 5. The molecule has 134 valence electrons. The number of benzene rings is 1. The summed E-state index contributed by atoms with van der Waals surface area (Å²) in [5.41, 5.74) is 0.670. The number of aromatic hydroxyl groups is 1. The largest absolute Gasteiger partial charge is 0.503 e. The molecule has 0 unspecified atom stereocenters. The van der Waals surface area contributed by atoms with Crippen LogP contribution in [0.4, 0.5) is 0 Å². The third kappa shape index (κ3) is 4.11. The molecule has 1 atom stereocenters. The van der Waals surface area contributed by atoms with Gasteiger partial charge in [0.1, 0.15) is 4.32 Å². The van der Waals surface area contributed by atoms with Crippen LogP contribution in [0.3, 0.4) is 0 Å². The minimum Gasteiger partial charge on any atom is -0.503 e. The van der Waals surface area contributed by atoms with Crippen LogP contribution in [0.2, 0.25) is 5.02 Å². The van der Waals surface area contributed by atoms with E-state index in [2.05, 4.69) is 0 Å². The van der Waals surface area contributed by atoms with Gasteiger partial charge in [-0.15, -0.1) is 0 Å². The van der Waals surface area contributed by atoms with E-state index < -0.39 is 0 Å². The number of thiocarbonyl (C=S) groups is 1. The van der Waals surface area contributed by atoms with Gasteiger partial charge in [0.25, 0.3) is 5.91 Å². The highest BCUT2D eigenvalue weighted by molar-refractivity contribution is 8.26. The number of carbonyl (C=O) groups is 1. The Labute approximate surface area is 160 Å². The molecular weight excluding hydrogens is 382 g/mol. The van der Waals surface area contributed by atoms with Crippen LogP contribution in [-0.2, 0) is 9.53 Å². The number of hydrogen-bond acceptors (Lipinski definition) is 6. The third-order valence-corrected chi connectivity index (χ3v) is 5.60. The van der Waals surface area contributed by atoms with E-state index in [1.165, 1.54) is 11.8 Å². The summed E-state index contributed by atoms with van der Waals surface area (Å²) in [7, 11) is 0. The Bertz CT molecular complexity index is 732. The van der Waals surface area contributed by atoms with Crippen LogP contribution in [0.25, 0.3) is 6.08 Å². The molecule has 1 aromatic rings. The van der Waals surface area contributed by atoms with Gasteiger partial charge in [-0.3, -0.25) is 9.69 Å². The van der Waals surface area contributed by atoms with Gasteiger partial charge in [-0.25, -0.2) is 0 Å². The van der Waals surface area contributed by atoms with Crippen molar-refractivity contribution in [1.82, 2.24) is 4.90 Å². The normalized spacial score (nSPS) is 22.2. The van der Waals surface area contributed by atoms with Crippen molar-refractivity contribution in [2.75, 3.05) is 19.8 Å². The summed E-state index contributed by atoms with van der Waals surface area (Å²) in [6.07, 6.45) is 3.72. The van der Waals surface area contributed by atoms with E-state index >= 15 is 0 Å². The summed E-state index contributed by atoms with van der Waals surface area (Å²) in [6.45, 7) is 3.44. The zero-order valence-corrected chi connectivity index (χ0v) is 16.0. The number of halogens is 1. The average molecular weight is 400 g/mol. The first-order valence-corrected chi connectivity index (χ1v) is 9.62. The van der Waals surface area contributed by atoms with Crippen LogP contribution in [0.5, 0.6) is 11.5 Å². The zero-order valence-electron chi connectivity index (χ0n) is 13.7. The van der Waals surface area contributed by atoms with E-state index in [9.17, 15) is 9.90 Å². The lowest BCUT2D eigenvalue weighted by atomic mass is 10.1. The topological polar surface area (TPSA) is 59.0 Å². The molecule has 25 heavy (non-hydrogen) atoms. The van der Waals surface area contributed by atoms with Gasteiger partial charge in [-0.1, -0.05) is 35.6 Å². The molecule has 2 heterocycles. The fourth-order valence-corrected chi connectivity index (χ4v) is 4.24. The molecule has 5 nitrogen and oxygen atoms in total. The van der Waals surface area contributed by atoms with Gasteiger partial charge >= 0.3 is 0 Å². The second kappa shape index (κ2) is 7.95. The monoisotopic (exact) mass is 399 g/mol. The van der Waals surface area contributed by atoms with E-state index in [1.54, 1.807) is 23.1 Å². The lowest BCUT2D eigenvalue weighted by Crippen LogP contribution is -2.35. The molecule has 0 radical (unpaired) electrons. The van der Waals surface area contributed by atoms with Crippen molar-refractivity contribution >= 4 is 51.9 Å². The Balaban J connectivity index is 1.81. The summed E-state index contributed by atoms with van der Waals surface area (Å²) in [5, 5.41) is 10.1. The molecule has 2 fully saturated rings. The predicted molar refractivity (Wildman–Crippen MR) is 103 cm³/mol. The highest BCUT2D eigenvalue weighted by Gasteiger charge is 2.34. The van der Waals surface area contributed by atoms with Gasteiger partial charge in [0.15, 0.2) is 11.5 Å². The van der Waals surface area contributed by atoms with Gasteiger partial charge in [-0.2, -0.15) is 0 Å².